The van der Waals surface area contributed by atoms with Crippen molar-refractivity contribution in [3.8, 4) is 5.75 Å². The maximum Gasteiger partial charge on any atom is 0.328 e. The molecule has 0 aromatic heterocycles. The fraction of sp³-hybridized carbons (Fsp3) is 0.238. The van der Waals surface area contributed by atoms with Gasteiger partial charge in [-0.15, -0.1) is 0 Å². The van der Waals surface area contributed by atoms with Crippen LogP contribution >= 0.6 is 0 Å². The van der Waals surface area contributed by atoms with Crippen molar-refractivity contribution in [1.82, 2.24) is 5.32 Å². The van der Waals surface area contributed by atoms with E-state index < -0.39 is 35.4 Å². The first kappa shape index (κ1) is 24.8. The predicted octanol–water partition coefficient (Wildman–Crippen LogP) is 1.86. The van der Waals surface area contributed by atoms with E-state index in [0.29, 0.717) is 11.4 Å². The predicted molar refractivity (Wildman–Crippen MR) is 117 cm³/mol. The number of hydrogen-bond acceptors (Lipinski definition) is 8. The molecule has 3 N–H and O–H groups in total. The van der Waals surface area contributed by atoms with Gasteiger partial charge in [0.15, 0.2) is 6.61 Å². The van der Waals surface area contributed by atoms with Crippen molar-refractivity contribution in [2.24, 2.45) is 0 Å². The summed E-state index contributed by atoms with van der Waals surface area (Å²) >= 11 is 0. The highest BCUT2D eigenvalue weighted by Gasteiger charge is 2.20. The van der Waals surface area contributed by atoms with E-state index in [1.165, 1.54) is 45.2 Å². The van der Waals surface area contributed by atoms with Crippen molar-refractivity contribution in [2.45, 2.75) is 19.9 Å². The SMILES string of the molecule is COc1ccc(NC(C)=O)cc1NC(=O)COC(=O)[C@H](C)NC(=O)c1cccc([N+](=O)[O-])c1. The van der Waals surface area contributed by atoms with Gasteiger partial charge in [0.05, 0.1) is 17.7 Å². The van der Waals surface area contributed by atoms with Crippen LogP contribution in [0.4, 0.5) is 17.1 Å². The Bertz CT molecular complexity index is 1090. The van der Waals surface area contributed by atoms with E-state index in [2.05, 4.69) is 16.0 Å². The van der Waals surface area contributed by atoms with Gasteiger partial charge in [0.25, 0.3) is 17.5 Å². The van der Waals surface area contributed by atoms with E-state index in [-0.39, 0.29) is 22.8 Å². The standard InChI is InChI=1S/C21H22N4O8/c1-12(22-20(28)14-5-4-6-16(9-14)25(30)31)21(29)33-11-19(27)24-17-10-15(23-13(2)26)7-8-18(17)32-3/h4-10,12H,11H2,1-3H3,(H,22,28)(H,23,26)(H,24,27)/t12-/m0/s1. The maximum atomic E-state index is 12.2. The smallest absolute Gasteiger partial charge is 0.328 e. The number of nitrogens with zero attached hydrogens (tertiary/aromatic N) is 1. The van der Waals surface area contributed by atoms with Gasteiger partial charge in [-0.05, 0) is 31.2 Å². The number of ether oxygens (including phenoxy) is 2. The second-order valence-corrected chi connectivity index (χ2v) is 6.75. The Morgan fingerprint density at radius 1 is 1.09 bits per heavy atom. The Balaban J connectivity index is 1.92. The third-order valence-corrected chi connectivity index (χ3v) is 4.16. The van der Waals surface area contributed by atoms with Crippen LogP contribution in [0.25, 0.3) is 0 Å². The van der Waals surface area contributed by atoms with Gasteiger partial charge in [-0.25, -0.2) is 4.79 Å². The van der Waals surface area contributed by atoms with Crippen molar-refractivity contribution in [2.75, 3.05) is 24.4 Å². The Morgan fingerprint density at radius 3 is 2.45 bits per heavy atom. The average Bonchev–Trinajstić information content (AvgIpc) is 2.77. The molecule has 12 nitrogen and oxygen atoms in total. The molecular weight excluding hydrogens is 436 g/mol. The zero-order chi connectivity index (χ0) is 24.5. The van der Waals surface area contributed by atoms with Crippen LogP contribution in [0.3, 0.4) is 0 Å². The van der Waals surface area contributed by atoms with Crippen molar-refractivity contribution in [1.29, 1.82) is 0 Å². The molecule has 1 atom stereocenters. The van der Waals surface area contributed by atoms with Crippen LogP contribution in [0, 0.1) is 10.1 Å². The number of nitro benzene ring substituents is 1. The summed E-state index contributed by atoms with van der Waals surface area (Å²) in [6, 6.07) is 8.48. The van der Waals surface area contributed by atoms with Crippen LogP contribution in [0.15, 0.2) is 42.5 Å². The zero-order valence-corrected chi connectivity index (χ0v) is 18.0. The molecule has 0 saturated carbocycles. The summed E-state index contributed by atoms with van der Waals surface area (Å²) < 4.78 is 10.1. The molecule has 2 rings (SSSR count). The lowest BCUT2D eigenvalue weighted by Gasteiger charge is -2.15. The number of rotatable bonds is 9. The van der Waals surface area contributed by atoms with Crippen molar-refractivity contribution in [3.63, 3.8) is 0 Å². The summed E-state index contributed by atoms with van der Waals surface area (Å²) in [5.74, 6) is -2.26. The second kappa shape index (κ2) is 11.2. The highest BCUT2D eigenvalue weighted by molar-refractivity contribution is 5.98. The first-order valence-electron chi connectivity index (χ1n) is 9.58. The molecule has 0 aliphatic carbocycles. The number of carbonyl (C=O) groups excluding carboxylic acids is 4. The molecule has 174 valence electrons. The Kier molecular flexibility index (Phi) is 8.43. The number of methoxy groups -OCH3 is 1. The molecular formula is C21H22N4O8. The Hall–Kier alpha value is -4.48. The molecule has 0 spiro atoms. The summed E-state index contributed by atoms with van der Waals surface area (Å²) in [7, 11) is 1.40. The minimum absolute atomic E-state index is 0.00672. The highest BCUT2D eigenvalue weighted by Crippen LogP contribution is 2.27. The van der Waals surface area contributed by atoms with Crippen LogP contribution in [0.5, 0.6) is 5.75 Å². The van der Waals surface area contributed by atoms with Crippen molar-refractivity contribution >= 4 is 40.8 Å². The molecule has 0 aliphatic rings. The largest absolute Gasteiger partial charge is 0.495 e. The first-order chi connectivity index (χ1) is 15.6. The van der Waals surface area contributed by atoms with Crippen LogP contribution in [-0.2, 0) is 19.1 Å². The molecule has 0 unspecified atom stereocenters. The van der Waals surface area contributed by atoms with Crippen molar-refractivity contribution in [3.05, 3.63) is 58.1 Å². The quantitative estimate of drug-likeness (QED) is 0.291. The fourth-order valence-corrected chi connectivity index (χ4v) is 2.63. The summed E-state index contributed by atoms with van der Waals surface area (Å²) in [6.45, 7) is 2.03. The zero-order valence-electron chi connectivity index (χ0n) is 18.0. The van der Waals surface area contributed by atoms with Gasteiger partial charge in [0, 0.05) is 30.3 Å². The average molecular weight is 458 g/mol. The molecule has 33 heavy (non-hydrogen) atoms. The highest BCUT2D eigenvalue weighted by atomic mass is 16.6. The molecule has 0 radical (unpaired) electrons. The van der Waals surface area contributed by atoms with Gasteiger partial charge in [-0.1, -0.05) is 6.07 Å². The number of carbonyl (C=O) groups is 4. The number of non-ortho nitro benzene ring substituents is 1. The Labute approximate surface area is 188 Å². The number of nitro groups is 1. The van der Waals surface area contributed by atoms with E-state index in [1.807, 2.05) is 0 Å². The van der Waals surface area contributed by atoms with E-state index in [1.54, 1.807) is 12.1 Å². The number of hydrogen-bond donors (Lipinski definition) is 3. The van der Waals surface area contributed by atoms with Crippen LogP contribution in [0.2, 0.25) is 0 Å². The lowest BCUT2D eigenvalue weighted by molar-refractivity contribution is -0.384. The van der Waals surface area contributed by atoms with E-state index in [4.69, 9.17) is 9.47 Å². The van der Waals surface area contributed by atoms with Gasteiger partial charge >= 0.3 is 5.97 Å². The topological polar surface area (TPSA) is 166 Å². The van der Waals surface area contributed by atoms with Crippen LogP contribution in [0.1, 0.15) is 24.2 Å². The van der Waals surface area contributed by atoms with Gasteiger partial charge in [0.1, 0.15) is 11.8 Å². The number of nitrogens with one attached hydrogen (secondary N) is 3. The number of esters is 1. The lowest BCUT2D eigenvalue weighted by Crippen LogP contribution is -2.40. The molecule has 0 heterocycles. The van der Waals surface area contributed by atoms with Crippen molar-refractivity contribution < 1.29 is 33.6 Å². The Morgan fingerprint density at radius 2 is 1.82 bits per heavy atom. The number of benzene rings is 2. The minimum Gasteiger partial charge on any atom is -0.495 e. The summed E-state index contributed by atoms with van der Waals surface area (Å²) in [5, 5.41) is 18.3. The monoisotopic (exact) mass is 458 g/mol. The summed E-state index contributed by atoms with van der Waals surface area (Å²) in [5.41, 5.74) is 0.394. The van der Waals surface area contributed by atoms with Gasteiger partial charge in [0.2, 0.25) is 5.91 Å². The molecule has 3 amide bonds. The molecule has 0 saturated heterocycles. The van der Waals surface area contributed by atoms with Gasteiger partial charge in [-0.2, -0.15) is 0 Å². The molecule has 0 aliphatic heterocycles. The number of amides is 3. The third-order valence-electron chi connectivity index (χ3n) is 4.16. The molecule has 0 bridgehead atoms. The maximum absolute atomic E-state index is 12.2. The summed E-state index contributed by atoms with van der Waals surface area (Å²) in [4.78, 5) is 58.0. The molecule has 12 heteroatoms. The third kappa shape index (κ3) is 7.31. The summed E-state index contributed by atoms with van der Waals surface area (Å²) in [6.07, 6.45) is 0. The molecule has 0 fully saturated rings. The minimum atomic E-state index is -1.12. The number of anilines is 2. The molecule has 2 aromatic rings. The van der Waals surface area contributed by atoms with E-state index in [9.17, 15) is 29.3 Å². The van der Waals surface area contributed by atoms with Crippen LogP contribution < -0.4 is 20.7 Å². The first-order valence-corrected chi connectivity index (χ1v) is 9.58. The van der Waals surface area contributed by atoms with E-state index >= 15 is 0 Å². The lowest BCUT2D eigenvalue weighted by atomic mass is 10.2. The normalized spacial score (nSPS) is 11.0. The second-order valence-electron chi connectivity index (χ2n) is 6.75. The fourth-order valence-electron chi connectivity index (χ4n) is 2.63. The van der Waals surface area contributed by atoms with E-state index in [0.717, 1.165) is 6.07 Å². The molecule has 2 aromatic carbocycles. The van der Waals surface area contributed by atoms with Gasteiger partial charge < -0.3 is 25.4 Å². The van der Waals surface area contributed by atoms with Crippen LogP contribution in [-0.4, -0.2) is 48.4 Å². The van der Waals surface area contributed by atoms with Gasteiger partial charge in [-0.3, -0.25) is 24.5 Å².